The Labute approximate surface area is 94.3 Å². The van der Waals surface area contributed by atoms with Gasteiger partial charge in [0.15, 0.2) is 0 Å². The highest BCUT2D eigenvalue weighted by atomic mass is 32.1. The summed E-state index contributed by atoms with van der Waals surface area (Å²) in [5.74, 6) is 1.04. The number of pyridine rings is 1. The number of nitrogens with zero attached hydrogens (tertiary/aromatic N) is 1. The molecule has 5 heteroatoms. The van der Waals surface area contributed by atoms with E-state index in [2.05, 4.69) is 17.6 Å². The zero-order valence-corrected chi connectivity index (χ0v) is 9.39. The average Bonchev–Trinajstić information content (AvgIpc) is 2.28. The van der Waals surface area contributed by atoms with Crippen LogP contribution in [0.3, 0.4) is 0 Å². The largest absolute Gasteiger partial charge is 0.496 e. The van der Waals surface area contributed by atoms with Gasteiger partial charge in [-0.2, -0.15) is 12.6 Å². The van der Waals surface area contributed by atoms with Crippen molar-refractivity contribution in [2.24, 2.45) is 0 Å². The first kappa shape index (κ1) is 12.3. The molecule has 84 valence electrons. The third kappa shape index (κ3) is 3.09. The maximum atomic E-state index is 9.83. The van der Waals surface area contributed by atoms with Crippen LogP contribution in [0.5, 0.6) is 5.75 Å². The molecule has 1 heterocycles. The maximum Gasteiger partial charge on any atom is 0.127 e. The molecule has 0 amide bonds. The Kier molecular flexibility index (Phi) is 4.87. The third-order valence-corrected chi connectivity index (χ3v) is 2.40. The summed E-state index contributed by atoms with van der Waals surface area (Å²) in [6.45, 7) is 0. The molecule has 0 spiro atoms. The summed E-state index contributed by atoms with van der Waals surface area (Å²) in [5.41, 5.74) is 0.495. The molecule has 1 aromatic heterocycles. The van der Waals surface area contributed by atoms with Gasteiger partial charge in [-0.05, 0) is 18.2 Å². The van der Waals surface area contributed by atoms with Gasteiger partial charge in [-0.15, -0.1) is 0 Å². The van der Waals surface area contributed by atoms with Gasteiger partial charge < -0.3 is 14.9 Å². The van der Waals surface area contributed by atoms with Gasteiger partial charge in [0.2, 0.25) is 0 Å². The van der Waals surface area contributed by atoms with E-state index in [1.807, 2.05) is 0 Å². The Balaban J connectivity index is 2.84. The molecule has 4 nitrogen and oxygen atoms in total. The van der Waals surface area contributed by atoms with Crippen LogP contribution in [-0.2, 0) is 0 Å². The van der Waals surface area contributed by atoms with Crippen molar-refractivity contribution in [3.05, 3.63) is 24.0 Å². The molecule has 0 saturated heterocycles. The van der Waals surface area contributed by atoms with E-state index in [1.54, 1.807) is 12.3 Å². The van der Waals surface area contributed by atoms with Gasteiger partial charge in [-0.25, -0.2) is 0 Å². The number of aliphatic hydroxyl groups excluding tert-OH is 2. The van der Waals surface area contributed by atoms with Crippen LogP contribution in [0.2, 0.25) is 0 Å². The summed E-state index contributed by atoms with van der Waals surface area (Å²) in [7, 11) is 1.51. The summed E-state index contributed by atoms with van der Waals surface area (Å²) < 4.78 is 5.06. The Morgan fingerprint density at radius 3 is 2.87 bits per heavy atom. The summed E-state index contributed by atoms with van der Waals surface area (Å²) in [6.07, 6.45) is 1.65. The second-order valence-corrected chi connectivity index (χ2v) is 3.59. The fraction of sp³-hybridized carbons (Fsp3) is 0.500. The van der Waals surface area contributed by atoms with Crippen molar-refractivity contribution in [1.29, 1.82) is 0 Å². The predicted molar refractivity (Wildman–Crippen MR) is 60.2 cm³/mol. The van der Waals surface area contributed by atoms with Crippen molar-refractivity contribution in [2.45, 2.75) is 18.6 Å². The van der Waals surface area contributed by atoms with Crippen LogP contribution in [-0.4, -0.2) is 34.2 Å². The zero-order valence-electron chi connectivity index (χ0n) is 8.50. The van der Waals surface area contributed by atoms with Gasteiger partial charge in [0.05, 0.1) is 13.2 Å². The van der Waals surface area contributed by atoms with Crippen LogP contribution < -0.4 is 4.74 Å². The lowest BCUT2D eigenvalue weighted by Gasteiger charge is -2.18. The first-order valence-corrected chi connectivity index (χ1v) is 5.28. The average molecular weight is 229 g/mol. The van der Waals surface area contributed by atoms with Crippen LogP contribution in [0.15, 0.2) is 18.5 Å². The van der Waals surface area contributed by atoms with Gasteiger partial charge >= 0.3 is 0 Å². The molecular formula is C10H15NO3S. The molecule has 0 radical (unpaired) electrons. The fourth-order valence-corrected chi connectivity index (χ4v) is 1.56. The minimum absolute atomic E-state index is 0.419. The molecule has 1 rings (SSSR count). The first-order chi connectivity index (χ1) is 7.20. The van der Waals surface area contributed by atoms with Crippen molar-refractivity contribution in [3.8, 4) is 5.75 Å². The topological polar surface area (TPSA) is 62.6 Å². The minimum Gasteiger partial charge on any atom is -0.496 e. The quantitative estimate of drug-likeness (QED) is 0.654. The Bertz CT molecular complexity index is 308. The molecular weight excluding hydrogens is 214 g/mol. The van der Waals surface area contributed by atoms with Crippen LogP contribution in [0, 0.1) is 0 Å². The van der Waals surface area contributed by atoms with E-state index in [9.17, 15) is 10.2 Å². The van der Waals surface area contributed by atoms with Crippen molar-refractivity contribution in [2.75, 3.05) is 12.9 Å². The first-order valence-electron chi connectivity index (χ1n) is 4.65. The predicted octanol–water partition coefficient (Wildman–Crippen LogP) is 0.804. The van der Waals surface area contributed by atoms with E-state index in [-0.39, 0.29) is 0 Å². The SMILES string of the molecule is COc1ccncc1C(O)C(O)CCS. The lowest BCUT2D eigenvalue weighted by Crippen LogP contribution is -2.19. The molecule has 0 aliphatic heterocycles. The maximum absolute atomic E-state index is 9.83. The van der Waals surface area contributed by atoms with Crippen molar-refractivity contribution < 1.29 is 14.9 Å². The molecule has 0 saturated carbocycles. The Hall–Kier alpha value is -0.780. The van der Waals surface area contributed by atoms with E-state index < -0.39 is 12.2 Å². The number of rotatable bonds is 5. The fourth-order valence-electron chi connectivity index (χ4n) is 1.30. The minimum atomic E-state index is -0.985. The molecule has 1 aromatic rings. The number of thiol groups is 1. The van der Waals surface area contributed by atoms with Crippen LogP contribution in [0.1, 0.15) is 18.1 Å². The highest BCUT2D eigenvalue weighted by Gasteiger charge is 2.21. The smallest absolute Gasteiger partial charge is 0.127 e. The van der Waals surface area contributed by atoms with E-state index in [0.29, 0.717) is 23.5 Å². The molecule has 0 aromatic carbocycles. The van der Waals surface area contributed by atoms with Gasteiger partial charge in [0.25, 0.3) is 0 Å². The van der Waals surface area contributed by atoms with Crippen LogP contribution >= 0.6 is 12.6 Å². The second kappa shape index (κ2) is 5.95. The molecule has 15 heavy (non-hydrogen) atoms. The molecule has 0 bridgehead atoms. The van der Waals surface area contributed by atoms with Crippen LogP contribution in [0.25, 0.3) is 0 Å². The second-order valence-electron chi connectivity index (χ2n) is 3.14. The van der Waals surface area contributed by atoms with Gasteiger partial charge in [0.1, 0.15) is 11.9 Å². The van der Waals surface area contributed by atoms with Crippen molar-refractivity contribution in [1.82, 2.24) is 4.98 Å². The summed E-state index contributed by atoms with van der Waals surface area (Å²) in [6, 6.07) is 1.64. The number of ether oxygens (including phenoxy) is 1. The van der Waals surface area contributed by atoms with Gasteiger partial charge in [0, 0.05) is 18.0 Å². The monoisotopic (exact) mass is 229 g/mol. The number of methoxy groups -OCH3 is 1. The zero-order chi connectivity index (χ0) is 11.3. The molecule has 0 aliphatic rings. The summed E-state index contributed by atoms with van der Waals surface area (Å²) in [5, 5.41) is 19.4. The highest BCUT2D eigenvalue weighted by molar-refractivity contribution is 7.80. The molecule has 2 N–H and O–H groups in total. The Morgan fingerprint density at radius 2 is 2.27 bits per heavy atom. The molecule has 0 aliphatic carbocycles. The van der Waals surface area contributed by atoms with E-state index in [0.717, 1.165) is 0 Å². The molecule has 0 fully saturated rings. The van der Waals surface area contributed by atoms with E-state index in [4.69, 9.17) is 4.74 Å². The number of aromatic nitrogens is 1. The summed E-state index contributed by atoms with van der Waals surface area (Å²) >= 11 is 4.00. The highest BCUT2D eigenvalue weighted by Crippen LogP contribution is 2.27. The lowest BCUT2D eigenvalue weighted by atomic mass is 10.0. The standard InChI is InChI=1S/C10H15NO3S/c1-14-9-2-4-11-6-7(9)10(13)8(12)3-5-15/h2,4,6,8,10,12-13,15H,3,5H2,1H3. The number of hydrogen-bond donors (Lipinski definition) is 3. The molecule has 2 unspecified atom stereocenters. The van der Waals surface area contributed by atoms with Crippen LogP contribution in [0.4, 0.5) is 0 Å². The van der Waals surface area contributed by atoms with E-state index >= 15 is 0 Å². The van der Waals surface area contributed by atoms with E-state index in [1.165, 1.54) is 13.3 Å². The van der Waals surface area contributed by atoms with Gasteiger partial charge in [-0.1, -0.05) is 0 Å². The number of hydrogen-bond acceptors (Lipinski definition) is 5. The van der Waals surface area contributed by atoms with Gasteiger partial charge in [-0.3, -0.25) is 4.98 Å². The Morgan fingerprint density at radius 1 is 1.53 bits per heavy atom. The lowest BCUT2D eigenvalue weighted by molar-refractivity contribution is 0.0157. The summed E-state index contributed by atoms with van der Waals surface area (Å²) in [4.78, 5) is 3.89. The normalized spacial score (nSPS) is 14.7. The molecule has 2 atom stereocenters. The number of aliphatic hydroxyl groups is 2. The third-order valence-electron chi connectivity index (χ3n) is 2.14. The van der Waals surface area contributed by atoms with Crippen molar-refractivity contribution >= 4 is 12.6 Å². The van der Waals surface area contributed by atoms with Crippen molar-refractivity contribution in [3.63, 3.8) is 0 Å².